The van der Waals surface area contributed by atoms with Crippen molar-refractivity contribution in [3.05, 3.63) is 0 Å². The molecule has 0 bridgehead atoms. The van der Waals surface area contributed by atoms with Gasteiger partial charge in [0.05, 0.1) is 12.2 Å². The standard InChI is InChI=1S/C8H18N2O2/c1-9-3-2-8(12)7-4-6(11)5-10-7/h6-12H,2-5H2,1H3/t6-,7+,8+/m1/s1. The summed E-state index contributed by atoms with van der Waals surface area (Å²) in [6.07, 6.45) is 0.792. The highest BCUT2D eigenvalue weighted by molar-refractivity contribution is 4.86. The third-order valence-corrected chi connectivity index (χ3v) is 2.30. The van der Waals surface area contributed by atoms with Gasteiger partial charge >= 0.3 is 0 Å². The van der Waals surface area contributed by atoms with Crippen LogP contribution in [0.2, 0.25) is 0 Å². The van der Waals surface area contributed by atoms with E-state index in [0.29, 0.717) is 13.0 Å². The largest absolute Gasteiger partial charge is 0.392 e. The molecule has 1 saturated heterocycles. The van der Waals surface area contributed by atoms with E-state index < -0.39 is 0 Å². The summed E-state index contributed by atoms with van der Waals surface area (Å²) in [4.78, 5) is 0. The van der Waals surface area contributed by atoms with Crippen LogP contribution in [0.4, 0.5) is 0 Å². The Morgan fingerprint density at radius 3 is 2.92 bits per heavy atom. The summed E-state index contributed by atoms with van der Waals surface area (Å²) < 4.78 is 0. The lowest BCUT2D eigenvalue weighted by Gasteiger charge is -2.17. The minimum atomic E-state index is -0.338. The molecule has 0 aliphatic carbocycles. The van der Waals surface area contributed by atoms with Crippen LogP contribution in [-0.2, 0) is 0 Å². The maximum atomic E-state index is 9.58. The number of hydrogen-bond acceptors (Lipinski definition) is 4. The Labute approximate surface area is 73.0 Å². The van der Waals surface area contributed by atoms with Crippen molar-refractivity contribution in [1.29, 1.82) is 0 Å². The van der Waals surface area contributed by atoms with Gasteiger partial charge in [0.1, 0.15) is 0 Å². The first-order valence-corrected chi connectivity index (χ1v) is 4.48. The molecule has 0 spiro atoms. The zero-order chi connectivity index (χ0) is 8.97. The topological polar surface area (TPSA) is 64.5 Å². The van der Waals surface area contributed by atoms with E-state index in [1.807, 2.05) is 7.05 Å². The van der Waals surface area contributed by atoms with Crippen LogP contribution < -0.4 is 10.6 Å². The summed E-state index contributed by atoms with van der Waals surface area (Å²) >= 11 is 0. The van der Waals surface area contributed by atoms with Crippen LogP contribution in [0.5, 0.6) is 0 Å². The number of hydrogen-bond donors (Lipinski definition) is 4. The molecule has 3 atom stereocenters. The summed E-state index contributed by atoms with van der Waals surface area (Å²) in [5, 5.41) is 24.8. The molecule has 4 N–H and O–H groups in total. The number of β-amino-alcohol motifs (C(OH)–C–C–N with tert-alkyl or cyclic N) is 1. The van der Waals surface area contributed by atoms with Gasteiger partial charge < -0.3 is 20.8 Å². The predicted octanol–water partition coefficient (Wildman–Crippen LogP) is -1.32. The average Bonchev–Trinajstić information content (AvgIpc) is 2.47. The number of aliphatic hydroxyl groups excluding tert-OH is 2. The van der Waals surface area contributed by atoms with Crippen molar-refractivity contribution in [1.82, 2.24) is 10.6 Å². The van der Waals surface area contributed by atoms with E-state index in [1.165, 1.54) is 0 Å². The van der Waals surface area contributed by atoms with Crippen LogP contribution >= 0.6 is 0 Å². The SMILES string of the molecule is CNCC[C@H](O)[C@@H]1C[C@@H](O)CN1. The van der Waals surface area contributed by atoms with Crippen LogP contribution in [0.25, 0.3) is 0 Å². The third kappa shape index (κ3) is 2.71. The molecule has 4 heteroatoms. The van der Waals surface area contributed by atoms with E-state index in [0.717, 1.165) is 13.0 Å². The highest BCUT2D eigenvalue weighted by Crippen LogP contribution is 2.11. The zero-order valence-electron chi connectivity index (χ0n) is 7.45. The van der Waals surface area contributed by atoms with Crippen LogP contribution in [0.15, 0.2) is 0 Å². The third-order valence-electron chi connectivity index (χ3n) is 2.30. The molecular weight excluding hydrogens is 156 g/mol. The Morgan fingerprint density at radius 2 is 2.42 bits per heavy atom. The molecule has 1 aliphatic heterocycles. The Hall–Kier alpha value is -0.160. The Kier molecular flexibility index (Phi) is 3.94. The second-order valence-corrected chi connectivity index (χ2v) is 3.36. The Morgan fingerprint density at radius 1 is 1.67 bits per heavy atom. The Balaban J connectivity index is 2.18. The molecule has 0 aromatic rings. The summed E-state index contributed by atoms with van der Waals surface area (Å²) in [6.45, 7) is 1.43. The zero-order valence-corrected chi connectivity index (χ0v) is 7.45. The van der Waals surface area contributed by atoms with Crippen molar-refractivity contribution >= 4 is 0 Å². The molecular formula is C8H18N2O2. The van der Waals surface area contributed by atoms with Gasteiger partial charge in [0, 0.05) is 12.6 Å². The minimum absolute atomic E-state index is 0.0772. The molecule has 1 heterocycles. The first-order valence-electron chi connectivity index (χ1n) is 4.48. The first-order chi connectivity index (χ1) is 5.74. The number of aliphatic hydroxyl groups is 2. The predicted molar refractivity (Wildman–Crippen MR) is 47.0 cm³/mol. The van der Waals surface area contributed by atoms with Gasteiger partial charge in [0.2, 0.25) is 0 Å². The van der Waals surface area contributed by atoms with E-state index in [4.69, 9.17) is 0 Å². The van der Waals surface area contributed by atoms with Crippen molar-refractivity contribution in [2.75, 3.05) is 20.1 Å². The minimum Gasteiger partial charge on any atom is -0.392 e. The quantitative estimate of drug-likeness (QED) is 0.427. The molecule has 72 valence electrons. The lowest BCUT2D eigenvalue weighted by Crippen LogP contribution is -2.36. The second kappa shape index (κ2) is 4.77. The summed E-state index contributed by atoms with van der Waals surface area (Å²) in [6, 6.07) is 0.0772. The molecule has 4 nitrogen and oxygen atoms in total. The lowest BCUT2D eigenvalue weighted by molar-refractivity contribution is 0.117. The van der Waals surface area contributed by atoms with Crippen LogP contribution in [-0.4, -0.2) is 48.6 Å². The fraction of sp³-hybridized carbons (Fsp3) is 1.00. The first kappa shape index (κ1) is 9.92. The molecule has 1 aliphatic rings. The molecule has 0 aromatic heterocycles. The van der Waals surface area contributed by atoms with E-state index in [1.54, 1.807) is 0 Å². The Bertz CT molecular complexity index is 132. The second-order valence-electron chi connectivity index (χ2n) is 3.36. The van der Waals surface area contributed by atoms with Gasteiger partial charge in [-0.25, -0.2) is 0 Å². The van der Waals surface area contributed by atoms with Gasteiger partial charge in [0.25, 0.3) is 0 Å². The van der Waals surface area contributed by atoms with Crippen molar-refractivity contribution in [2.24, 2.45) is 0 Å². The molecule has 0 unspecified atom stereocenters. The molecule has 12 heavy (non-hydrogen) atoms. The normalized spacial score (nSPS) is 32.2. The van der Waals surface area contributed by atoms with Crippen molar-refractivity contribution in [3.8, 4) is 0 Å². The molecule has 0 amide bonds. The molecule has 0 radical (unpaired) electrons. The van der Waals surface area contributed by atoms with Gasteiger partial charge in [0.15, 0.2) is 0 Å². The van der Waals surface area contributed by atoms with Crippen LogP contribution in [0.1, 0.15) is 12.8 Å². The fourth-order valence-corrected chi connectivity index (χ4v) is 1.53. The monoisotopic (exact) mass is 174 g/mol. The lowest BCUT2D eigenvalue weighted by atomic mass is 10.1. The van der Waals surface area contributed by atoms with Gasteiger partial charge in [-0.15, -0.1) is 0 Å². The van der Waals surface area contributed by atoms with Gasteiger partial charge in [-0.1, -0.05) is 0 Å². The number of nitrogens with one attached hydrogen (secondary N) is 2. The van der Waals surface area contributed by atoms with Crippen molar-refractivity contribution in [2.45, 2.75) is 31.1 Å². The van der Waals surface area contributed by atoms with E-state index >= 15 is 0 Å². The highest BCUT2D eigenvalue weighted by atomic mass is 16.3. The summed E-state index contributed by atoms with van der Waals surface area (Å²) in [7, 11) is 1.86. The van der Waals surface area contributed by atoms with Gasteiger partial charge in [-0.3, -0.25) is 0 Å². The maximum absolute atomic E-state index is 9.58. The van der Waals surface area contributed by atoms with Gasteiger partial charge in [-0.05, 0) is 26.4 Å². The van der Waals surface area contributed by atoms with E-state index in [2.05, 4.69) is 10.6 Å². The van der Waals surface area contributed by atoms with Crippen molar-refractivity contribution in [3.63, 3.8) is 0 Å². The molecule has 0 saturated carbocycles. The summed E-state index contributed by atoms with van der Waals surface area (Å²) in [5.41, 5.74) is 0. The average molecular weight is 174 g/mol. The molecule has 1 rings (SSSR count). The molecule has 0 aromatic carbocycles. The van der Waals surface area contributed by atoms with Crippen LogP contribution in [0, 0.1) is 0 Å². The van der Waals surface area contributed by atoms with Gasteiger partial charge in [-0.2, -0.15) is 0 Å². The number of rotatable bonds is 4. The fourth-order valence-electron chi connectivity index (χ4n) is 1.53. The highest BCUT2D eigenvalue weighted by Gasteiger charge is 2.27. The summed E-state index contributed by atoms with van der Waals surface area (Å²) in [5.74, 6) is 0. The van der Waals surface area contributed by atoms with E-state index in [-0.39, 0.29) is 18.2 Å². The van der Waals surface area contributed by atoms with E-state index in [9.17, 15) is 10.2 Å². The van der Waals surface area contributed by atoms with Crippen LogP contribution in [0.3, 0.4) is 0 Å². The van der Waals surface area contributed by atoms with Crippen molar-refractivity contribution < 1.29 is 10.2 Å². The molecule has 1 fully saturated rings. The maximum Gasteiger partial charge on any atom is 0.0706 e. The smallest absolute Gasteiger partial charge is 0.0706 e.